The number of hydrogen-bond donors (Lipinski definition) is 3. The number of halogens is 3. The van der Waals surface area contributed by atoms with Crippen molar-refractivity contribution >= 4 is 35.6 Å². The number of phenols is 1. The van der Waals surface area contributed by atoms with Crippen molar-refractivity contribution in [2.75, 3.05) is 6.54 Å². The van der Waals surface area contributed by atoms with Crippen molar-refractivity contribution in [1.82, 2.24) is 0 Å². The van der Waals surface area contributed by atoms with Crippen LogP contribution in [-0.4, -0.2) is 11.7 Å². The van der Waals surface area contributed by atoms with Gasteiger partial charge in [0.1, 0.15) is 0 Å². The minimum atomic E-state index is -0.199. The Kier molecular flexibility index (Phi) is 6.32. The van der Waals surface area contributed by atoms with Crippen LogP contribution in [-0.2, 0) is 0 Å². The molecular formula is C9H13Cl3N2O. The molecule has 0 aliphatic carbocycles. The van der Waals surface area contributed by atoms with Gasteiger partial charge in [-0.1, -0.05) is 23.2 Å². The van der Waals surface area contributed by atoms with Crippen LogP contribution < -0.4 is 11.5 Å². The Morgan fingerprint density at radius 1 is 1.27 bits per heavy atom. The quantitative estimate of drug-likeness (QED) is 0.791. The summed E-state index contributed by atoms with van der Waals surface area (Å²) in [6, 6.07) is 3.00. The molecule has 15 heavy (non-hydrogen) atoms. The van der Waals surface area contributed by atoms with Crippen LogP contribution in [0.1, 0.15) is 18.0 Å². The monoisotopic (exact) mass is 270 g/mol. The summed E-state index contributed by atoms with van der Waals surface area (Å²) in [5, 5.41) is 9.73. The van der Waals surface area contributed by atoms with E-state index in [9.17, 15) is 5.11 Å². The molecule has 0 saturated carbocycles. The lowest BCUT2D eigenvalue weighted by molar-refractivity contribution is 0.475. The molecule has 0 saturated heterocycles. The highest BCUT2D eigenvalue weighted by molar-refractivity contribution is 6.37. The van der Waals surface area contributed by atoms with Crippen molar-refractivity contribution in [3.63, 3.8) is 0 Å². The summed E-state index contributed by atoms with van der Waals surface area (Å²) in [6.45, 7) is 0.497. The Morgan fingerprint density at radius 2 is 1.73 bits per heavy atom. The van der Waals surface area contributed by atoms with Gasteiger partial charge in [-0.05, 0) is 30.7 Å². The Bertz CT molecular complexity index is 310. The van der Waals surface area contributed by atoms with Gasteiger partial charge in [-0.25, -0.2) is 0 Å². The Labute approximate surface area is 105 Å². The molecule has 0 fully saturated rings. The van der Waals surface area contributed by atoms with E-state index in [4.69, 9.17) is 34.7 Å². The third-order valence-electron chi connectivity index (χ3n) is 1.95. The molecule has 0 radical (unpaired) electrons. The van der Waals surface area contributed by atoms with Crippen molar-refractivity contribution in [1.29, 1.82) is 0 Å². The zero-order chi connectivity index (χ0) is 10.7. The summed E-state index contributed by atoms with van der Waals surface area (Å²) >= 11 is 11.5. The second kappa shape index (κ2) is 6.40. The summed E-state index contributed by atoms with van der Waals surface area (Å²) in [6.07, 6.45) is 0.650. The highest BCUT2D eigenvalue weighted by Gasteiger charge is 2.11. The van der Waals surface area contributed by atoms with Crippen LogP contribution in [0.3, 0.4) is 0 Å². The average Bonchev–Trinajstić information content (AvgIpc) is 2.13. The number of nitrogens with two attached hydrogens (primary N) is 2. The van der Waals surface area contributed by atoms with Crippen LogP contribution >= 0.6 is 35.6 Å². The molecule has 0 heterocycles. The lowest BCUT2D eigenvalue weighted by Gasteiger charge is -2.12. The van der Waals surface area contributed by atoms with E-state index in [0.717, 1.165) is 5.56 Å². The summed E-state index contributed by atoms with van der Waals surface area (Å²) in [7, 11) is 0. The van der Waals surface area contributed by atoms with Gasteiger partial charge in [0.2, 0.25) is 0 Å². The standard InChI is InChI=1S/C9H12Cl2N2O.ClH/c10-6-3-5(8(13)1-2-12)4-7(11)9(6)14;/h3-4,8,14H,1-2,12-13H2;1H/t8-;/m0./s1. The molecule has 0 spiro atoms. The summed E-state index contributed by atoms with van der Waals surface area (Å²) in [5.74, 6) is -0.114. The van der Waals surface area contributed by atoms with Crippen LogP contribution in [0.5, 0.6) is 5.75 Å². The lowest BCUT2D eigenvalue weighted by Crippen LogP contribution is -2.15. The summed E-state index contributed by atoms with van der Waals surface area (Å²) < 4.78 is 0. The number of phenolic OH excluding ortho intramolecular Hbond substituents is 1. The molecule has 0 aromatic heterocycles. The Morgan fingerprint density at radius 3 is 2.13 bits per heavy atom. The number of benzene rings is 1. The normalized spacial score (nSPS) is 12.0. The van der Waals surface area contributed by atoms with Crippen LogP contribution in [0.25, 0.3) is 0 Å². The molecule has 1 aromatic rings. The van der Waals surface area contributed by atoms with E-state index in [2.05, 4.69) is 0 Å². The topological polar surface area (TPSA) is 72.3 Å². The molecular weight excluding hydrogens is 258 g/mol. The lowest BCUT2D eigenvalue weighted by atomic mass is 10.0. The second-order valence-electron chi connectivity index (χ2n) is 3.02. The van der Waals surface area contributed by atoms with Gasteiger partial charge in [0.05, 0.1) is 10.0 Å². The zero-order valence-corrected chi connectivity index (χ0v) is 10.2. The molecule has 86 valence electrons. The molecule has 0 unspecified atom stereocenters. The molecule has 5 N–H and O–H groups in total. The second-order valence-corrected chi connectivity index (χ2v) is 3.83. The molecule has 6 heteroatoms. The van der Waals surface area contributed by atoms with E-state index < -0.39 is 0 Å². The van der Waals surface area contributed by atoms with Gasteiger partial charge in [-0.2, -0.15) is 0 Å². The first-order valence-electron chi connectivity index (χ1n) is 4.19. The van der Waals surface area contributed by atoms with E-state index in [1.54, 1.807) is 12.1 Å². The molecule has 0 bridgehead atoms. The van der Waals surface area contributed by atoms with Crippen molar-refractivity contribution in [2.24, 2.45) is 11.5 Å². The Hall–Kier alpha value is -0.190. The van der Waals surface area contributed by atoms with E-state index in [1.807, 2.05) is 0 Å². The number of aromatic hydroxyl groups is 1. The fourth-order valence-corrected chi connectivity index (χ4v) is 1.65. The van der Waals surface area contributed by atoms with Gasteiger partial charge in [-0.15, -0.1) is 12.4 Å². The third-order valence-corrected chi connectivity index (χ3v) is 2.52. The average molecular weight is 272 g/mol. The minimum Gasteiger partial charge on any atom is -0.505 e. The van der Waals surface area contributed by atoms with Crippen molar-refractivity contribution in [3.05, 3.63) is 27.7 Å². The van der Waals surface area contributed by atoms with Gasteiger partial charge in [-0.3, -0.25) is 0 Å². The SMILES string of the molecule is Cl.NCC[C@H](N)c1cc(Cl)c(O)c(Cl)c1. The highest BCUT2D eigenvalue weighted by Crippen LogP contribution is 2.34. The largest absolute Gasteiger partial charge is 0.505 e. The maximum absolute atomic E-state index is 9.31. The highest BCUT2D eigenvalue weighted by atomic mass is 35.5. The minimum absolute atomic E-state index is 0. The first-order valence-corrected chi connectivity index (χ1v) is 4.95. The number of rotatable bonds is 3. The van der Waals surface area contributed by atoms with Crippen LogP contribution in [0.4, 0.5) is 0 Å². The van der Waals surface area contributed by atoms with Gasteiger partial charge in [0.25, 0.3) is 0 Å². The first-order chi connectivity index (χ1) is 6.56. The Balaban J connectivity index is 0.00000196. The van der Waals surface area contributed by atoms with Crippen molar-refractivity contribution < 1.29 is 5.11 Å². The fraction of sp³-hybridized carbons (Fsp3) is 0.333. The maximum Gasteiger partial charge on any atom is 0.152 e. The van der Waals surface area contributed by atoms with Gasteiger partial charge < -0.3 is 16.6 Å². The van der Waals surface area contributed by atoms with Crippen LogP contribution in [0, 0.1) is 0 Å². The van der Waals surface area contributed by atoms with Gasteiger partial charge in [0.15, 0.2) is 5.75 Å². The van der Waals surface area contributed by atoms with E-state index in [1.165, 1.54) is 0 Å². The predicted octanol–water partition coefficient (Wildman–Crippen LogP) is 2.47. The summed E-state index contributed by atoms with van der Waals surface area (Å²) in [4.78, 5) is 0. The fourth-order valence-electron chi connectivity index (χ4n) is 1.15. The molecule has 1 aromatic carbocycles. The smallest absolute Gasteiger partial charge is 0.152 e. The van der Waals surface area contributed by atoms with Gasteiger partial charge in [0, 0.05) is 6.04 Å². The van der Waals surface area contributed by atoms with Crippen molar-refractivity contribution in [3.8, 4) is 5.75 Å². The van der Waals surface area contributed by atoms with Crippen LogP contribution in [0.15, 0.2) is 12.1 Å². The molecule has 0 aliphatic rings. The third kappa shape index (κ3) is 3.70. The molecule has 1 rings (SSSR count). The molecule has 1 atom stereocenters. The predicted molar refractivity (Wildman–Crippen MR) is 66.0 cm³/mol. The van der Waals surface area contributed by atoms with Gasteiger partial charge >= 0.3 is 0 Å². The summed E-state index contributed by atoms with van der Waals surface area (Å²) in [5.41, 5.74) is 12.0. The van der Waals surface area contributed by atoms with E-state index in [-0.39, 0.29) is 34.2 Å². The molecule has 0 aliphatic heterocycles. The zero-order valence-electron chi connectivity index (χ0n) is 7.91. The maximum atomic E-state index is 9.31. The number of hydrogen-bond acceptors (Lipinski definition) is 3. The van der Waals surface area contributed by atoms with Crippen molar-refractivity contribution in [2.45, 2.75) is 12.5 Å². The van der Waals surface area contributed by atoms with Crippen LogP contribution in [0.2, 0.25) is 10.0 Å². The molecule has 0 amide bonds. The van der Waals surface area contributed by atoms with E-state index >= 15 is 0 Å². The molecule has 3 nitrogen and oxygen atoms in total. The first kappa shape index (κ1) is 14.8. The van der Waals surface area contributed by atoms with E-state index in [0.29, 0.717) is 13.0 Å².